The second-order valence-electron chi connectivity index (χ2n) is 6.28. The Bertz CT molecular complexity index is 854. The minimum atomic E-state index is 0.299. The molecule has 1 aliphatic heterocycles. The molecule has 6 nitrogen and oxygen atoms in total. The smallest absolute Gasteiger partial charge is 0.283 e. The van der Waals surface area contributed by atoms with Gasteiger partial charge in [-0.15, -0.1) is 10.2 Å². The largest absolute Gasteiger partial charge is 0.459 e. The fourth-order valence-corrected chi connectivity index (χ4v) is 3.18. The maximum Gasteiger partial charge on any atom is 0.283 e. The van der Waals surface area contributed by atoms with Gasteiger partial charge >= 0.3 is 0 Å². The molecule has 6 heteroatoms. The second-order valence-corrected chi connectivity index (χ2v) is 6.28. The molecule has 0 atom stereocenters. The van der Waals surface area contributed by atoms with Crippen molar-refractivity contribution in [1.82, 2.24) is 15.1 Å². The van der Waals surface area contributed by atoms with E-state index < -0.39 is 0 Å². The molecule has 0 radical (unpaired) electrons. The normalized spacial score (nSPS) is 16.0. The van der Waals surface area contributed by atoms with Gasteiger partial charge < -0.3 is 8.83 Å². The predicted molar refractivity (Wildman–Crippen MR) is 90.4 cm³/mol. The van der Waals surface area contributed by atoms with Crippen molar-refractivity contribution in [3.63, 3.8) is 0 Å². The highest BCUT2D eigenvalue weighted by Gasteiger charge is 2.25. The van der Waals surface area contributed by atoms with Crippen LogP contribution in [0.3, 0.4) is 0 Å². The van der Waals surface area contributed by atoms with Gasteiger partial charge in [-0.1, -0.05) is 12.1 Å². The summed E-state index contributed by atoms with van der Waals surface area (Å²) in [5.74, 6) is 2.05. The van der Waals surface area contributed by atoms with Gasteiger partial charge in [0.05, 0.1) is 17.9 Å². The third-order valence-corrected chi connectivity index (χ3v) is 4.60. The molecule has 1 saturated heterocycles. The van der Waals surface area contributed by atoms with Crippen LogP contribution in [-0.2, 0) is 6.54 Å². The van der Waals surface area contributed by atoms with Gasteiger partial charge in [0.2, 0.25) is 5.89 Å². The molecule has 0 unspecified atom stereocenters. The molecule has 1 fully saturated rings. The van der Waals surface area contributed by atoms with E-state index in [1.165, 1.54) is 5.56 Å². The van der Waals surface area contributed by atoms with Gasteiger partial charge in [0.1, 0.15) is 0 Å². The van der Waals surface area contributed by atoms with Crippen molar-refractivity contribution in [2.45, 2.75) is 25.3 Å². The molecule has 0 amide bonds. The summed E-state index contributed by atoms with van der Waals surface area (Å²) in [6.45, 7) is 2.88. The van der Waals surface area contributed by atoms with Crippen LogP contribution in [-0.4, -0.2) is 28.2 Å². The number of aromatic nitrogens is 2. The summed E-state index contributed by atoms with van der Waals surface area (Å²) in [6.07, 6.45) is 3.59. The Kier molecular flexibility index (Phi) is 4.32. The molecule has 3 heterocycles. The number of hydrogen-bond acceptors (Lipinski definition) is 6. The Balaban J connectivity index is 1.34. The number of furan rings is 1. The first-order chi connectivity index (χ1) is 12.3. The standard InChI is InChI=1S/C19H18N4O2/c20-12-14-3-5-15(6-4-14)13-23-9-7-16(8-10-23)18-21-22-19(25-18)17-2-1-11-24-17/h1-6,11,16H,7-10,13H2. The van der Waals surface area contributed by atoms with E-state index in [0.29, 0.717) is 29.0 Å². The van der Waals surface area contributed by atoms with E-state index in [0.717, 1.165) is 32.5 Å². The summed E-state index contributed by atoms with van der Waals surface area (Å²) < 4.78 is 11.1. The van der Waals surface area contributed by atoms with Crippen molar-refractivity contribution >= 4 is 0 Å². The first kappa shape index (κ1) is 15.6. The Morgan fingerprint density at radius 3 is 2.60 bits per heavy atom. The lowest BCUT2D eigenvalue weighted by Gasteiger charge is -2.30. The maximum atomic E-state index is 8.86. The lowest BCUT2D eigenvalue weighted by Crippen LogP contribution is -2.32. The Morgan fingerprint density at radius 1 is 1.12 bits per heavy atom. The third-order valence-electron chi connectivity index (χ3n) is 4.60. The van der Waals surface area contributed by atoms with E-state index in [-0.39, 0.29) is 0 Å². The van der Waals surface area contributed by atoms with E-state index in [1.54, 1.807) is 12.3 Å². The maximum absolute atomic E-state index is 8.86. The molecule has 0 spiro atoms. The Morgan fingerprint density at radius 2 is 1.92 bits per heavy atom. The van der Waals surface area contributed by atoms with Crippen LogP contribution in [0.4, 0.5) is 0 Å². The van der Waals surface area contributed by atoms with Crippen LogP contribution < -0.4 is 0 Å². The molecular weight excluding hydrogens is 316 g/mol. The highest BCUT2D eigenvalue weighted by Crippen LogP contribution is 2.30. The average molecular weight is 334 g/mol. The van der Waals surface area contributed by atoms with E-state index in [4.69, 9.17) is 14.1 Å². The van der Waals surface area contributed by atoms with Gasteiger partial charge in [0, 0.05) is 12.5 Å². The number of piperidine rings is 1. The minimum Gasteiger partial charge on any atom is -0.459 e. The first-order valence-corrected chi connectivity index (χ1v) is 8.40. The molecule has 0 N–H and O–H groups in total. The molecule has 25 heavy (non-hydrogen) atoms. The highest BCUT2D eigenvalue weighted by atomic mass is 16.4. The number of rotatable bonds is 4. The molecule has 1 aromatic carbocycles. The predicted octanol–water partition coefficient (Wildman–Crippen LogP) is 3.58. The van der Waals surface area contributed by atoms with Crippen molar-refractivity contribution in [1.29, 1.82) is 5.26 Å². The van der Waals surface area contributed by atoms with Gasteiger partial charge in [-0.25, -0.2) is 0 Å². The molecule has 3 aromatic rings. The minimum absolute atomic E-state index is 0.299. The van der Waals surface area contributed by atoms with Gasteiger partial charge in [0.15, 0.2) is 5.76 Å². The third kappa shape index (κ3) is 3.47. The van der Waals surface area contributed by atoms with Crippen molar-refractivity contribution in [2.75, 3.05) is 13.1 Å². The molecule has 0 aliphatic carbocycles. The number of nitrogens with zero attached hydrogens (tertiary/aromatic N) is 4. The quantitative estimate of drug-likeness (QED) is 0.725. The van der Waals surface area contributed by atoms with Crippen LogP contribution in [0.2, 0.25) is 0 Å². The molecule has 4 rings (SSSR count). The summed E-state index contributed by atoms with van der Waals surface area (Å²) in [6, 6.07) is 13.6. The van der Waals surface area contributed by atoms with Crippen molar-refractivity contribution < 1.29 is 8.83 Å². The van der Waals surface area contributed by atoms with Crippen LogP contribution in [0.15, 0.2) is 51.5 Å². The van der Waals surface area contributed by atoms with E-state index >= 15 is 0 Å². The Labute approximate surface area is 145 Å². The van der Waals surface area contributed by atoms with Crippen LogP contribution in [0.5, 0.6) is 0 Å². The van der Waals surface area contributed by atoms with E-state index in [9.17, 15) is 0 Å². The molecule has 0 bridgehead atoms. The van der Waals surface area contributed by atoms with Crippen LogP contribution in [0.25, 0.3) is 11.7 Å². The number of benzene rings is 1. The Hall–Kier alpha value is -2.91. The molecule has 126 valence electrons. The van der Waals surface area contributed by atoms with E-state index in [1.807, 2.05) is 30.3 Å². The topological polar surface area (TPSA) is 79.1 Å². The van der Waals surface area contributed by atoms with Crippen LogP contribution in [0.1, 0.15) is 35.8 Å². The number of hydrogen-bond donors (Lipinski definition) is 0. The number of nitriles is 1. The second kappa shape index (κ2) is 6.91. The van der Waals surface area contributed by atoms with Crippen LogP contribution in [0, 0.1) is 11.3 Å². The van der Waals surface area contributed by atoms with Crippen LogP contribution >= 0.6 is 0 Å². The summed E-state index contributed by atoms with van der Waals surface area (Å²) in [7, 11) is 0. The molecule has 0 saturated carbocycles. The number of likely N-dealkylation sites (tertiary alicyclic amines) is 1. The SMILES string of the molecule is N#Cc1ccc(CN2CCC(c3nnc(-c4ccco4)o3)CC2)cc1. The van der Waals surface area contributed by atoms with Gasteiger partial charge in [-0.2, -0.15) is 5.26 Å². The van der Waals surface area contributed by atoms with Crippen molar-refractivity contribution in [3.05, 3.63) is 59.7 Å². The fraction of sp³-hybridized carbons (Fsp3) is 0.316. The monoisotopic (exact) mass is 334 g/mol. The zero-order valence-electron chi connectivity index (χ0n) is 13.8. The first-order valence-electron chi connectivity index (χ1n) is 8.40. The van der Waals surface area contributed by atoms with E-state index in [2.05, 4.69) is 21.2 Å². The highest BCUT2D eigenvalue weighted by molar-refractivity contribution is 5.42. The lowest BCUT2D eigenvalue weighted by molar-refractivity contribution is 0.193. The van der Waals surface area contributed by atoms with Crippen molar-refractivity contribution in [3.8, 4) is 17.7 Å². The zero-order valence-corrected chi connectivity index (χ0v) is 13.8. The fourth-order valence-electron chi connectivity index (χ4n) is 3.18. The average Bonchev–Trinajstić information content (AvgIpc) is 3.35. The molecular formula is C19H18N4O2. The summed E-state index contributed by atoms with van der Waals surface area (Å²) in [5.41, 5.74) is 1.93. The van der Waals surface area contributed by atoms with Gasteiger partial charge in [0.25, 0.3) is 5.89 Å². The molecule has 2 aromatic heterocycles. The summed E-state index contributed by atoms with van der Waals surface area (Å²) >= 11 is 0. The van der Waals surface area contributed by atoms with Gasteiger partial charge in [-0.3, -0.25) is 4.90 Å². The zero-order chi connectivity index (χ0) is 17.1. The summed E-state index contributed by atoms with van der Waals surface area (Å²) in [4.78, 5) is 2.42. The lowest BCUT2D eigenvalue weighted by atomic mass is 9.96. The summed E-state index contributed by atoms with van der Waals surface area (Å²) in [5, 5.41) is 17.1. The van der Waals surface area contributed by atoms with Crippen molar-refractivity contribution in [2.24, 2.45) is 0 Å². The molecule has 1 aliphatic rings. The van der Waals surface area contributed by atoms with Gasteiger partial charge in [-0.05, 0) is 55.8 Å².